The van der Waals surface area contributed by atoms with Gasteiger partial charge in [0.25, 0.3) is 0 Å². The monoisotopic (exact) mass is 169 g/mol. The van der Waals surface area contributed by atoms with Crippen molar-refractivity contribution in [2.24, 2.45) is 0 Å². The van der Waals surface area contributed by atoms with Crippen molar-refractivity contribution in [1.82, 2.24) is 0 Å². The molecule has 0 aromatic carbocycles. The van der Waals surface area contributed by atoms with Crippen molar-refractivity contribution < 1.29 is 28.8 Å². The molecular weight excluding hydrogens is 163 g/mol. The number of phosphoric acid groups is 1. The second kappa shape index (κ2) is 3.80. The fourth-order valence-corrected chi connectivity index (χ4v) is 0.537. The fourth-order valence-electron chi connectivity index (χ4n) is 0.202. The summed E-state index contributed by atoms with van der Waals surface area (Å²) in [5.41, 5.74) is 0. The molecule has 0 saturated carbocycles. The minimum Gasteiger partial charge on any atom is -0.382 e. The van der Waals surface area contributed by atoms with Gasteiger partial charge in [-0.1, -0.05) is 0 Å². The highest BCUT2D eigenvalue weighted by Gasteiger charge is 2.16. The van der Waals surface area contributed by atoms with Crippen LogP contribution in [0.4, 0.5) is 0 Å². The molecule has 1 radical (unpaired) electrons. The molecule has 1 atom stereocenters. The number of hydrogen-bond donors (Lipinski definition) is 3. The van der Waals surface area contributed by atoms with Gasteiger partial charge < -0.3 is 14.9 Å². The maximum absolute atomic E-state index is 9.88. The van der Waals surface area contributed by atoms with Gasteiger partial charge in [-0.15, -0.1) is 0 Å². The van der Waals surface area contributed by atoms with Gasteiger partial charge in [-0.05, 0) is 0 Å². The predicted molar refractivity (Wildman–Crippen MR) is 29.7 cm³/mol. The highest BCUT2D eigenvalue weighted by Crippen LogP contribution is 2.35. The molecule has 0 amide bonds. The molecule has 0 aliphatic heterocycles. The van der Waals surface area contributed by atoms with Crippen LogP contribution in [0.2, 0.25) is 0 Å². The number of carbonyl (C=O) groups excluding carboxylic acids is 1. The van der Waals surface area contributed by atoms with Gasteiger partial charge in [-0.2, -0.15) is 0 Å². The summed E-state index contributed by atoms with van der Waals surface area (Å²) in [4.78, 5) is 25.5. The molecule has 0 aromatic rings. The van der Waals surface area contributed by atoms with Gasteiger partial charge in [-0.25, -0.2) is 4.57 Å². The summed E-state index contributed by atoms with van der Waals surface area (Å²) >= 11 is 0. The van der Waals surface area contributed by atoms with E-state index in [4.69, 9.17) is 14.9 Å². The lowest BCUT2D eigenvalue weighted by atomic mass is 10.4. The normalized spacial score (nSPS) is 14.7. The van der Waals surface area contributed by atoms with Crippen LogP contribution in [0.25, 0.3) is 0 Å². The summed E-state index contributed by atoms with van der Waals surface area (Å²) in [6, 6.07) is 0. The van der Waals surface area contributed by atoms with Gasteiger partial charge in [0.15, 0.2) is 0 Å². The number of aliphatic hydroxyl groups excluding tert-OH is 1. The van der Waals surface area contributed by atoms with Crippen LogP contribution in [0.15, 0.2) is 0 Å². The van der Waals surface area contributed by atoms with Gasteiger partial charge in [-0.3, -0.25) is 9.32 Å². The number of hydrogen-bond acceptors (Lipinski definition) is 4. The van der Waals surface area contributed by atoms with Gasteiger partial charge in [0, 0.05) is 0 Å². The molecule has 0 heterocycles. The number of aliphatic hydroxyl groups is 1. The average Bonchev–Trinajstić information content (AvgIpc) is 1.81. The Hall–Kier alpha value is -0.260. The topological polar surface area (TPSA) is 104 Å². The number of phosphoric ester groups is 1. The summed E-state index contributed by atoms with van der Waals surface area (Å²) in [6.07, 6.45) is -0.529. The van der Waals surface area contributed by atoms with Crippen LogP contribution >= 0.6 is 7.82 Å². The van der Waals surface area contributed by atoms with E-state index in [-0.39, 0.29) is 0 Å². The Morgan fingerprint density at radius 3 is 2.40 bits per heavy atom. The first-order valence-electron chi connectivity index (χ1n) is 2.21. The van der Waals surface area contributed by atoms with E-state index in [0.717, 1.165) is 6.29 Å². The Morgan fingerprint density at radius 1 is 1.60 bits per heavy atom. The molecule has 7 heteroatoms. The standard InChI is InChI=1S/C3H6O6P/c4-1-3(5)2-9-10(6,7)8/h3,5H,2H2,(H2,6,7,8). The van der Waals surface area contributed by atoms with Crippen LogP contribution in [0.5, 0.6) is 0 Å². The molecule has 0 saturated heterocycles. The first-order valence-corrected chi connectivity index (χ1v) is 3.74. The van der Waals surface area contributed by atoms with Crippen molar-refractivity contribution in [1.29, 1.82) is 0 Å². The second-order valence-corrected chi connectivity index (χ2v) is 2.66. The molecule has 0 aliphatic rings. The quantitative estimate of drug-likeness (QED) is 0.445. The zero-order valence-corrected chi connectivity index (χ0v) is 5.69. The third-order valence-electron chi connectivity index (χ3n) is 0.537. The van der Waals surface area contributed by atoms with Crippen molar-refractivity contribution >= 4 is 14.1 Å². The van der Waals surface area contributed by atoms with E-state index in [1.54, 1.807) is 0 Å². The molecule has 0 aliphatic carbocycles. The van der Waals surface area contributed by atoms with Crippen LogP contribution in [-0.2, 0) is 13.9 Å². The molecule has 0 fully saturated rings. The summed E-state index contributed by atoms with van der Waals surface area (Å²) < 4.78 is 13.6. The lowest BCUT2D eigenvalue weighted by molar-refractivity contribution is 0.122. The van der Waals surface area contributed by atoms with Crippen molar-refractivity contribution in [3.8, 4) is 0 Å². The van der Waals surface area contributed by atoms with Gasteiger partial charge in [0.1, 0.15) is 6.10 Å². The first-order chi connectivity index (χ1) is 4.45. The molecule has 10 heavy (non-hydrogen) atoms. The minimum atomic E-state index is -4.57. The highest BCUT2D eigenvalue weighted by atomic mass is 31.2. The highest BCUT2D eigenvalue weighted by molar-refractivity contribution is 7.46. The van der Waals surface area contributed by atoms with Crippen molar-refractivity contribution in [3.05, 3.63) is 0 Å². The van der Waals surface area contributed by atoms with Crippen LogP contribution in [0.1, 0.15) is 0 Å². The van der Waals surface area contributed by atoms with E-state index in [0.29, 0.717) is 0 Å². The van der Waals surface area contributed by atoms with Gasteiger partial charge in [0.05, 0.1) is 6.61 Å². The average molecular weight is 169 g/mol. The smallest absolute Gasteiger partial charge is 0.382 e. The fraction of sp³-hybridized carbons (Fsp3) is 0.667. The Labute approximate surface area is 56.7 Å². The van der Waals surface area contributed by atoms with Crippen molar-refractivity contribution in [2.45, 2.75) is 6.10 Å². The maximum Gasteiger partial charge on any atom is 0.469 e. The summed E-state index contributed by atoms with van der Waals surface area (Å²) in [5, 5.41) is 8.33. The summed E-state index contributed by atoms with van der Waals surface area (Å²) in [5.74, 6) is 0. The Morgan fingerprint density at radius 2 is 2.10 bits per heavy atom. The van der Waals surface area contributed by atoms with E-state index in [1.807, 2.05) is 0 Å². The molecular formula is C3H6O6P. The van der Waals surface area contributed by atoms with E-state index < -0.39 is 20.5 Å². The Kier molecular flexibility index (Phi) is 3.70. The van der Waals surface area contributed by atoms with E-state index in [2.05, 4.69) is 4.52 Å². The van der Waals surface area contributed by atoms with E-state index >= 15 is 0 Å². The zero-order valence-electron chi connectivity index (χ0n) is 4.80. The number of rotatable bonds is 4. The lowest BCUT2D eigenvalue weighted by Crippen LogP contribution is -2.15. The summed E-state index contributed by atoms with van der Waals surface area (Å²) in [7, 11) is -4.57. The Bertz CT molecular complexity index is 149. The van der Waals surface area contributed by atoms with Crippen LogP contribution < -0.4 is 0 Å². The van der Waals surface area contributed by atoms with Crippen LogP contribution in [0.3, 0.4) is 0 Å². The van der Waals surface area contributed by atoms with Gasteiger partial charge in [0.2, 0.25) is 6.29 Å². The zero-order chi connectivity index (χ0) is 8.20. The van der Waals surface area contributed by atoms with Crippen molar-refractivity contribution in [3.63, 3.8) is 0 Å². The molecule has 0 spiro atoms. The molecule has 0 rings (SSSR count). The van der Waals surface area contributed by atoms with Crippen LogP contribution in [-0.4, -0.2) is 33.9 Å². The molecule has 0 bridgehead atoms. The molecule has 59 valence electrons. The maximum atomic E-state index is 9.88. The molecule has 3 N–H and O–H groups in total. The van der Waals surface area contributed by atoms with E-state index in [9.17, 15) is 9.36 Å². The second-order valence-electron chi connectivity index (χ2n) is 1.42. The molecule has 0 aromatic heterocycles. The van der Waals surface area contributed by atoms with Gasteiger partial charge >= 0.3 is 7.82 Å². The Balaban J connectivity index is 3.55. The first kappa shape index (κ1) is 9.74. The molecule has 6 nitrogen and oxygen atoms in total. The third-order valence-corrected chi connectivity index (χ3v) is 1.02. The third kappa shape index (κ3) is 5.87. The predicted octanol–water partition coefficient (Wildman–Crippen LogP) is -1.43. The van der Waals surface area contributed by atoms with Crippen molar-refractivity contribution in [2.75, 3.05) is 6.61 Å². The largest absolute Gasteiger partial charge is 0.469 e. The van der Waals surface area contributed by atoms with Crippen LogP contribution in [0, 0.1) is 0 Å². The summed E-state index contributed by atoms with van der Waals surface area (Å²) in [6.45, 7) is -0.742. The van der Waals surface area contributed by atoms with E-state index in [1.165, 1.54) is 0 Å². The lowest BCUT2D eigenvalue weighted by Gasteiger charge is -2.04. The molecule has 1 unspecified atom stereocenters. The SMILES string of the molecule is O=[C]C(O)COP(=O)(O)O. The minimum absolute atomic E-state index is 0.742.